The SMILES string of the molecule is CCCCCCCCCCCCCCCCCCCCC(O)C(CO)NC(=O)CCC. The van der Waals surface area contributed by atoms with E-state index in [1.165, 1.54) is 103 Å². The first-order chi connectivity index (χ1) is 15.2. The standard InChI is InChI=1S/C27H55NO3/c1-3-5-6-7-8-9-10-11-12-13-14-15-16-17-18-19-20-21-23-26(30)25(24-29)28-27(31)22-4-2/h25-26,29-30H,3-24H2,1-2H3,(H,28,31). The molecule has 3 N–H and O–H groups in total. The Kier molecular flexibility index (Phi) is 23.6. The molecule has 0 saturated heterocycles. The Labute approximate surface area is 194 Å². The highest BCUT2D eigenvalue weighted by Crippen LogP contribution is 2.15. The lowest BCUT2D eigenvalue weighted by Gasteiger charge is -2.22. The van der Waals surface area contributed by atoms with Gasteiger partial charge in [-0.3, -0.25) is 4.79 Å². The van der Waals surface area contributed by atoms with Gasteiger partial charge >= 0.3 is 0 Å². The summed E-state index contributed by atoms with van der Waals surface area (Å²) in [6.07, 6.45) is 25.5. The highest BCUT2D eigenvalue weighted by atomic mass is 16.3. The number of carbonyl (C=O) groups is 1. The molecule has 0 rings (SSSR count). The average Bonchev–Trinajstić information content (AvgIpc) is 2.76. The van der Waals surface area contributed by atoms with Crippen molar-refractivity contribution in [1.29, 1.82) is 0 Å². The van der Waals surface area contributed by atoms with Gasteiger partial charge in [0, 0.05) is 6.42 Å². The maximum Gasteiger partial charge on any atom is 0.220 e. The maximum absolute atomic E-state index is 11.6. The molecule has 2 unspecified atom stereocenters. The predicted molar refractivity (Wildman–Crippen MR) is 133 cm³/mol. The van der Waals surface area contributed by atoms with E-state index >= 15 is 0 Å². The van der Waals surface area contributed by atoms with Gasteiger partial charge in [-0.25, -0.2) is 0 Å². The van der Waals surface area contributed by atoms with Gasteiger partial charge in [-0.15, -0.1) is 0 Å². The fraction of sp³-hybridized carbons (Fsp3) is 0.963. The minimum absolute atomic E-state index is 0.0848. The lowest BCUT2D eigenvalue weighted by atomic mass is 10.0. The molecule has 0 heterocycles. The highest BCUT2D eigenvalue weighted by molar-refractivity contribution is 5.76. The molecular weight excluding hydrogens is 386 g/mol. The van der Waals surface area contributed by atoms with E-state index in [1.807, 2.05) is 6.92 Å². The lowest BCUT2D eigenvalue weighted by molar-refractivity contribution is -0.123. The van der Waals surface area contributed by atoms with Crippen molar-refractivity contribution < 1.29 is 15.0 Å². The Morgan fingerprint density at radius 1 is 0.645 bits per heavy atom. The van der Waals surface area contributed by atoms with Crippen LogP contribution in [0.3, 0.4) is 0 Å². The largest absolute Gasteiger partial charge is 0.394 e. The summed E-state index contributed by atoms with van der Waals surface area (Å²) < 4.78 is 0. The summed E-state index contributed by atoms with van der Waals surface area (Å²) in [5.74, 6) is -0.0848. The molecule has 0 aromatic heterocycles. The fourth-order valence-electron chi connectivity index (χ4n) is 4.23. The second-order valence-corrected chi connectivity index (χ2v) is 9.47. The molecule has 0 radical (unpaired) electrons. The zero-order valence-corrected chi connectivity index (χ0v) is 21.0. The van der Waals surface area contributed by atoms with Crippen LogP contribution in [0.25, 0.3) is 0 Å². The molecule has 0 saturated carbocycles. The Morgan fingerprint density at radius 3 is 1.39 bits per heavy atom. The molecule has 0 aliphatic carbocycles. The van der Waals surface area contributed by atoms with E-state index in [9.17, 15) is 15.0 Å². The van der Waals surface area contributed by atoms with Crippen LogP contribution in [-0.4, -0.2) is 34.9 Å². The molecule has 4 heteroatoms. The number of nitrogens with one attached hydrogen (secondary N) is 1. The summed E-state index contributed by atoms with van der Waals surface area (Å²) in [6.45, 7) is 4.03. The van der Waals surface area contributed by atoms with Gasteiger partial charge in [0.25, 0.3) is 0 Å². The van der Waals surface area contributed by atoms with Gasteiger partial charge in [-0.2, -0.15) is 0 Å². The summed E-state index contributed by atoms with van der Waals surface area (Å²) in [6, 6.07) is -0.523. The molecule has 31 heavy (non-hydrogen) atoms. The zero-order valence-electron chi connectivity index (χ0n) is 21.0. The molecule has 1 amide bonds. The first-order valence-corrected chi connectivity index (χ1v) is 13.7. The van der Waals surface area contributed by atoms with E-state index in [2.05, 4.69) is 12.2 Å². The number of hydrogen-bond acceptors (Lipinski definition) is 3. The number of hydrogen-bond donors (Lipinski definition) is 3. The second-order valence-electron chi connectivity index (χ2n) is 9.47. The summed E-state index contributed by atoms with van der Waals surface area (Å²) in [4.78, 5) is 11.6. The van der Waals surface area contributed by atoms with Crippen molar-refractivity contribution in [3.8, 4) is 0 Å². The van der Waals surface area contributed by atoms with Crippen LogP contribution in [0.1, 0.15) is 149 Å². The Balaban J connectivity index is 3.34. The molecule has 0 aliphatic heterocycles. The van der Waals surface area contributed by atoms with Crippen molar-refractivity contribution >= 4 is 5.91 Å². The lowest BCUT2D eigenvalue weighted by Crippen LogP contribution is -2.45. The summed E-state index contributed by atoms with van der Waals surface area (Å²) in [5, 5.41) is 22.3. The van der Waals surface area contributed by atoms with Crippen LogP contribution in [0.5, 0.6) is 0 Å². The number of amides is 1. The number of unbranched alkanes of at least 4 members (excludes halogenated alkanes) is 17. The molecule has 2 atom stereocenters. The van der Waals surface area contributed by atoms with Gasteiger partial charge in [0.05, 0.1) is 18.8 Å². The van der Waals surface area contributed by atoms with Crippen LogP contribution in [0, 0.1) is 0 Å². The normalized spacial score (nSPS) is 13.3. The zero-order chi connectivity index (χ0) is 23.0. The van der Waals surface area contributed by atoms with Crippen LogP contribution >= 0.6 is 0 Å². The topological polar surface area (TPSA) is 69.6 Å². The third-order valence-electron chi connectivity index (χ3n) is 6.34. The minimum atomic E-state index is -0.646. The van der Waals surface area contributed by atoms with Gasteiger partial charge in [-0.1, -0.05) is 129 Å². The minimum Gasteiger partial charge on any atom is -0.394 e. The van der Waals surface area contributed by atoms with E-state index in [-0.39, 0.29) is 12.5 Å². The van der Waals surface area contributed by atoms with E-state index in [0.717, 1.165) is 19.3 Å². The Bertz CT molecular complexity index is 375. The van der Waals surface area contributed by atoms with Crippen molar-refractivity contribution in [1.82, 2.24) is 5.32 Å². The Hall–Kier alpha value is -0.610. The van der Waals surface area contributed by atoms with Crippen molar-refractivity contribution in [2.24, 2.45) is 0 Å². The third kappa shape index (κ3) is 21.0. The molecule has 0 fully saturated rings. The molecule has 0 aliphatic rings. The van der Waals surface area contributed by atoms with E-state index in [4.69, 9.17) is 0 Å². The van der Waals surface area contributed by atoms with Crippen molar-refractivity contribution in [2.45, 2.75) is 161 Å². The number of aliphatic hydroxyl groups is 2. The smallest absolute Gasteiger partial charge is 0.220 e. The van der Waals surface area contributed by atoms with Crippen molar-refractivity contribution in [3.05, 3.63) is 0 Å². The van der Waals surface area contributed by atoms with E-state index < -0.39 is 12.1 Å². The average molecular weight is 442 g/mol. The van der Waals surface area contributed by atoms with Crippen LogP contribution in [0.15, 0.2) is 0 Å². The first-order valence-electron chi connectivity index (χ1n) is 13.7. The quantitative estimate of drug-likeness (QED) is 0.140. The molecule has 186 valence electrons. The first kappa shape index (κ1) is 30.4. The van der Waals surface area contributed by atoms with Crippen LogP contribution in [0.4, 0.5) is 0 Å². The van der Waals surface area contributed by atoms with Gasteiger partial charge in [0.2, 0.25) is 5.91 Å². The Morgan fingerprint density at radius 2 is 1.03 bits per heavy atom. The molecule has 4 nitrogen and oxygen atoms in total. The fourth-order valence-corrected chi connectivity index (χ4v) is 4.23. The molecule has 0 aromatic carbocycles. The predicted octanol–water partition coefficient (Wildman–Crippen LogP) is 7.06. The molecule has 0 aromatic rings. The van der Waals surface area contributed by atoms with Gasteiger partial charge < -0.3 is 15.5 Å². The summed E-state index contributed by atoms with van der Waals surface area (Å²) >= 11 is 0. The van der Waals surface area contributed by atoms with Crippen LogP contribution in [0.2, 0.25) is 0 Å². The number of carbonyl (C=O) groups excluding carboxylic acids is 1. The summed E-state index contributed by atoms with van der Waals surface area (Å²) in [7, 11) is 0. The van der Waals surface area contributed by atoms with Gasteiger partial charge in [0.15, 0.2) is 0 Å². The van der Waals surface area contributed by atoms with E-state index in [0.29, 0.717) is 12.8 Å². The molecule has 0 spiro atoms. The number of aliphatic hydroxyl groups excluding tert-OH is 2. The maximum atomic E-state index is 11.6. The van der Waals surface area contributed by atoms with Crippen molar-refractivity contribution in [3.63, 3.8) is 0 Å². The summed E-state index contributed by atoms with van der Waals surface area (Å²) in [5.41, 5.74) is 0. The van der Waals surface area contributed by atoms with Crippen molar-refractivity contribution in [2.75, 3.05) is 6.61 Å². The van der Waals surface area contributed by atoms with Gasteiger partial charge in [0.1, 0.15) is 0 Å². The second kappa shape index (κ2) is 24.0. The van der Waals surface area contributed by atoms with Crippen LogP contribution in [-0.2, 0) is 4.79 Å². The highest BCUT2D eigenvalue weighted by Gasteiger charge is 2.19. The van der Waals surface area contributed by atoms with Crippen LogP contribution < -0.4 is 5.32 Å². The van der Waals surface area contributed by atoms with E-state index in [1.54, 1.807) is 0 Å². The van der Waals surface area contributed by atoms with Gasteiger partial charge in [-0.05, 0) is 12.8 Å². The third-order valence-corrected chi connectivity index (χ3v) is 6.34. The molecular formula is C27H55NO3. The number of rotatable bonds is 24. The monoisotopic (exact) mass is 441 g/mol. The molecule has 0 bridgehead atoms.